The van der Waals surface area contributed by atoms with Gasteiger partial charge in [0.05, 0.1) is 6.26 Å². The Morgan fingerprint density at radius 1 is 0.714 bits per heavy atom. The lowest BCUT2D eigenvalue weighted by Gasteiger charge is -2.11. The molecule has 0 aliphatic carbocycles. The van der Waals surface area contributed by atoms with Crippen molar-refractivity contribution in [2.24, 2.45) is 0 Å². The number of carbonyl (C=O) groups is 3. The minimum Gasteiger partial charge on any atom is -0.465 e. The van der Waals surface area contributed by atoms with Gasteiger partial charge in [0.2, 0.25) is 0 Å². The van der Waals surface area contributed by atoms with Gasteiger partial charge in [-0.05, 0) is 36.4 Å². The second kappa shape index (κ2) is 9.00. The van der Waals surface area contributed by atoms with Crippen molar-refractivity contribution in [1.29, 1.82) is 0 Å². The van der Waals surface area contributed by atoms with Gasteiger partial charge in [-0.15, -0.1) is 0 Å². The van der Waals surface area contributed by atoms with Crippen LogP contribution in [0.3, 0.4) is 0 Å². The van der Waals surface area contributed by atoms with Crippen LogP contribution in [0.1, 0.15) is 26.5 Å². The van der Waals surface area contributed by atoms with Crippen molar-refractivity contribution in [2.45, 2.75) is 0 Å². The summed E-state index contributed by atoms with van der Waals surface area (Å²) in [5, 5.41) is 2.53. The Morgan fingerprint density at radius 3 is 1.89 bits per heavy atom. The highest BCUT2D eigenvalue weighted by molar-refractivity contribution is 6.06. The van der Waals surface area contributed by atoms with E-state index in [2.05, 4.69) is 16.2 Å². The van der Waals surface area contributed by atoms with Crippen molar-refractivity contribution in [3.63, 3.8) is 0 Å². The summed E-state index contributed by atoms with van der Waals surface area (Å²) in [6.07, 6.45) is 2.81. The fraction of sp³-hybridized carbons (Fsp3) is 0. The zero-order valence-corrected chi connectivity index (χ0v) is 14.7. The fourth-order valence-electron chi connectivity index (χ4n) is 2.30. The third kappa shape index (κ3) is 4.95. The molecule has 7 heteroatoms. The summed E-state index contributed by atoms with van der Waals surface area (Å²) in [4.78, 5) is 37.0. The number of benzene rings is 2. The van der Waals surface area contributed by atoms with E-state index in [0.29, 0.717) is 16.9 Å². The van der Waals surface area contributed by atoms with E-state index in [1.807, 2.05) is 0 Å². The molecule has 0 atom stereocenters. The molecule has 7 nitrogen and oxygen atoms in total. The molecule has 140 valence electrons. The van der Waals surface area contributed by atoms with Crippen molar-refractivity contribution in [3.8, 4) is 0 Å². The van der Waals surface area contributed by atoms with E-state index in [-0.39, 0.29) is 5.70 Å². The number of hydrogen-bond acceptors (Lipinski definition) is 4. The molecule has 28 heavy (non-hydrogen) atoms. The first kappa shape index (κ1) is 18.7. The van der Waals surface area contributed by atoms with Crippen LogP contribution in [-0.2, 0) is 4.79 Å². The Kier molecular flexibility index (Phi) is 5.99. The van der Waals surface area contributed by atoms with E-state index in [1.54, 1.807) is 72.8 Å². The maximum absolute atomic E-state index is 12.5. The summed E-state index contributed by atoms with van der Waals surface area (Å²) in [7, 11) is 0. The Morgan fingerprint density at radius 2 is 1.32 bits per heavy atom. The quantitative estimate of drug-likeness (QED) is 0.471. The Balaban J connectivity index is 1.72. The lowest BCUT2D eigenvalue weighted by atomic mass is 10.2. The van der Waals surface area contributed by atoms with Gasteiger partial charge in [0.1, 0.15) is 11.5 Å². The number of hydrogen-bond donors (Lipinski definition) is 3. The third-order valence-corrected chi connectivity index (χ3v) is 3.68. The van der Waals surface area contributed by atoms with Crippen LogP contribution in [0.5, 0.6) is 0 Å². The predicted octanol–water partition coefficient (Wildman–Crippen LogP) is 2.51. The molecule has 0 saturated carbocycles. The first-order valence-electron chi connectivity index (χ1n) is 8.41. The van der Waals surface area contributed by atoms with Gasteiger partial charge in [-0.3, -0.25) is 25.2 Å². The Hall–Kier alpha value is -4.13. The van der Waals surface area contributed by atoms with Gasteiger partial charge in [0, 0.05) is 17.2 Å². The maximum atomic E-state index is 12.5. The van der Waals surface area contributed by atoms with Crippen LogP contribution in [0.25, 0.3) is 6.08 Å². The van der Waals surface area contributed by atoms with E-state index in [1.165, 1.54) is 12.3 Å². The topological polar surface area (TPSA) is 100 Å². The van der Waals surface area contributed by atoms with Gasteiger partial charge in [-0.1, -0.05) is 36.4 Å². The first-order chi connectivity index (χ1) is 13.6. The zero-order chi connectivity index (χ0) is 19.8. The molecule has 0 spiro atoms. The lowest BCUT2D eigenvalue weighted by Crippen LogP contribution is -2.45. The molecule has 3 rings (SSSR count). The number of amides is 3. The number of carbonyl (C=O) groups excluding carboxylic acids is 3. The standard InChI is InChI=1S/C21H17N3O4/c25-19(15-8-3-1-4-9-15)22-18(14-17-12-7-13-28-17)21(27)24-23-20(26)16-10-5-2-6-11-16/h1-14H,(H,22,25)(H,23,26)(H,24,27)/b18-14-. The predicted molar refractivity (Wildman–Crippen MR) is 103 cm³/mol. The summed E-state index contributed by atoms with van der Waals surface area (Å²) in [6.45, 7) is 0. The van der Waals surface area contributed by atoms with Gasteiger partial charge < -0.3 is 9.73 Å². The molecule has 1 aromatic heterocycles. The van der Waals surface area contributed by atoms with E-state index >= 15 is 0 Å². The highest BCUT2D eigenvalue weighted by Crippen LogP contribution is 2.08. The summed E-state index contributed by atoms with van der Waals surface area (Å²) < 4.78 is 5.20. The highest BCUT2D eigenvalue weighted by Gasteiger charge is 2.16. The molecule has 0 radical (unpaired) electrons. The van der Waals surface area contributed by atoms with Crippen LogP contribution >= 0.6 is 0 Å². The van der Waals surface area contributed by atoms with Gasteiger partial charge in [-0.25, -0.2) is 0 Å². The Labute approximate surface area is 161 Å². The van der Waals surface area contributed by atoms with Gasteiger partial charge in [-0.2, -0.15) is 0 Å². The molecule has 0 bridgehead atoms. The molecule has 3 aromatic rings. The molecular weight excluding hydrogens is 358 g/mol. The van der Waals surface area contributed by atoms with E-state index in [9.17, 15) is 14.4 Å². The van der Waals surface area contributed by atoms with Crippen LogP contribution in [0.15, 0.2) is 89.2 Å². The Bertz CT molecular complexity index is 981. The van der Waals surface area contributed by atoms with E-state index in [0.717, 1.165) is 0 Å². The van der Waals surface area contributed by atoms with E-state index in [4.69, 9.17) is 4.42 Å². The molecule has 0 saturated heterocycles. The van der Waals surface area contributed by atoms with E-state index < -0.39 is 17.7 Å². The van der Waals surface area contributed by atoms with Crippen LogP contribution in [0.2, 0.25) is 0 Å². The average molecular weight is 375 g/mol. The van der Waals surface area contributed by atoms with Crippen molar-refractivity contribution < 1.29 is 18.8 Å². The van der Waals surface area contributed by atoms with Crippen LogP contribution in [0.4, 0.5) is 0 Å². The number of rotatable bonds is 5. The van der Waals surface area contributed by atoms with Crippen LogP contribution in [0, 0.1) is 0 Å². The van der Waals surface area contributed by atoms with Gasteiger partial charge >= 0.3 is 0 Å². The van der Waals surface area contributed by atoms with Crippen molar-refractivity contribution in [3.05, 3.63) is 102 Å². The molecular formula is C21H17N3O4. The lowest BCUT2D eigenvalue weighted by molar-refractivity contribution is -0.118. The SMILES string of the molecule is O=C(NNC(=O)c1ccccc1)/C(=C/c1ccco1)NC(=O)c1ccccc1. The first-order valence-corrected chi connectivity index (χ1v) is 8.41. The number of furan rings is 1. The summed E-state index contributed by atoms with van der Waals surface area (Å²) in [5.74, 6) is -1.29. The summed E-state index contributed by atoms with van der Waals surface area (Å²) in [5.41, 5.74) is 5.28. The molecule has 0 aliphatic rings. The zero-order valence-electron chi connectivity index (χ0n) is 14.7. The maximum Gasteiger partial charge on any atom is 0.286 e. The summed E-state index contributed by atoms with van der Waals surface area (Å²) in [6, 6.07) is 20.1. The molecule has 1 heterocycles. The monoisotopic (exact) mass is 375 g/mol. The molecule has 0 unspecified atom stereocenters. The summed E-state index contributed by atoms with van der Waals surface area (Å²) >= 11 is 0. The highest BCUT2D eigenvalue weighted by atomic mass is 16.3. The van der Waals surface area contributed by atoms with Gasteiger partial charge in [0.25, 0.3) is 17.7 Å². The van der Waals surface area contributed by atoms with Crippen LogP contribution < -0.4 is 16.2 Å². The molecule has 0 fully saturated rings. The molecule has 2 aromatic carbocycles. The molecule has 3 amide bonds. The largest absolute Gasteiger partial charge is 0.465 e. The smallest absolute Gasteiger partial charge is 0.286 e. The minimum absolute atomic E-state index is 0.0860. The molecule has 0 aliphatic heterocycles. The second-order valence-electron chi connectivity index (χ2n) is 5.67. The molecule has 3 N–H and O–H groups in total. The van der Waals surface area contributed by atoms with Gasteiger partial charge in [0.15, 0.2) is 0 Å². The van der Waals surface area contributed by atoms with Crippen molar-refractivity contribution in [1.82, 2.24) is 16.2 Å². The third-order valence-electron chi connectivity index (χ3n) is 3.68. The number of hydrazine groups is 1. The van der Waals surface area contributed by atoms with Crippen molar-refractivity contribution >= 4 is 23.8 Å². The van der Waals surface area contributed by atoms with Crippen LogP contribution in [-0.4, -0.2) is 17.7 Å². The number of nitrogens with one attached hydrogen (secondary N) is 3. The van der Waals surface area contributed by atoms with Crippen molar-refractivity contribution in [2.75, 3.05) is 0 Å². The normalized spacial score (nSPS) is 10.8. The fourth-order valence-corrected chi connectivity index (χ4v) is 2.30. The second-order valence-corrected chi connectivity index (χ2v) is 5.67. The minimum atomic E-state index is -0.704. The average Bonchev–Trinajstić information content (AvgIpc) is 3.25.